The molecule has 0 saturated carbocycles. The van der Waals surface area contributed by atoms with Crippen LogP contribution in [0.1, 0.15) is 16.2 Å². The van der Waals surface area contributed by atoms with E-state index in [0.717, 1.165) is 22.3 Å². The Balaban J connectivity index is 1.53. The second-order valence-corrected chi connectivity index (χ2v) is 5.89. The minimum absolute atomic E-state index is 0.257. The molecule has 0 radical (unpaired) electrons. The van der Waals surface area contributed by atoms with E-state index in [0.29, 0.717) is 12.3 Å². The summed E-state index contributed by atoms with van der Waals surface area (Å²) in [6, 6.07) is 19.6. The van der Waals surface area contributed by atoms with E-state index in [-0.39, 0.29) is 11.6 Å². The molecule has 0 unspecified atom stereocenters. The van der Waals surface area contributed by atoms with Gasteiger partial charge in [-0.05, 0) is 29.7 Å². The lowest BCUT2D eigenvalue weighted by atomic mass is 10.2. The third-order valence-electron chi connectivity index (χ3n) is 4.16. The molecule has 0 atom stereocenters. The van der Waals surface area contributed by atoms with Gasteiger partial charge in [-0.25, -0.2) is 4.68 Å². The normalized spacial score (nSPS) is 10.8. The van der Waals surface area contributed by atoms with Gasteiger partial charge in [-0.15, -0.1) is 0 Å². The molecule has 26 heavy (non-hydrogen) atoms. The molecule has 4 rings (SSSR count). The van der Waals surface area contributed by atoms with Crippen molar-refractivity contribution < 1.29 is 9.53 Å². The number of hydrogen-bond acceptors (Lipinski definition) is 3. The number of H-pyrrole nitrogens is 1. The Morgan fingerprint density at radius 2 is 1.92 bits per heavy atom. The zero-order valence-electron chi connectivity index (χ0n) is 14.3. The van der Waals surface area contributed by atoms with Crippen molar-refractivity contribution in [2.45, 2.75) is 6.54 Å². The number of methoxy groups -OCH3 is 1. The molecular formula is C20H18N4O2. The molecule has 130 valence electrons. The van der Waals surface area contributed by atoms with Crippen LogP contribution in [0.3, 0.4) is 0 Å². The van der Waals surface area contributed by atoms with Crippen LogP contribution in [-0.4, -0.2) is 27.8 Å². The smallest absolute Gasteiger partial charge is 0.275 e. The summed E-state index contributed by atoms with van der Waals surface area (Å²) < 4.78 is 6.95. The van der Waals surface area contributed by atoms with Gasteiger partial charge in [-0.3, -0.25) is 4.79 Å². The molecular weight excluding hydrogens is 328 g/mol. The van der Waals surface area contributed by atoms with Gasteiger partial charge in [0.1, 0.15) is 0 Å². The monoisotopic (exact) mass is 346 g/mol. The molecule has 6 nitrogen and oxygen atoms in total. The van der Waals surface area contributed by atoms with E-state index >= 15 is 0 Å². The van der Waals surface area contributed by atoms with Gasteiger partial charge in [0.25, 0.3) is 5.91 Å². The zero-order valence-corrected chi connectivity index (χ0v) is 14.3. The molecule has 2 aromatic heterocycles. The maximum atomic E-state index is 12.6. The Morgan fingerprint density at radius 3 is 2.69 bits per heavy atom. The van der Waals surface area contributed by atoms with Crippen molar-refractivity contribution in [2.75, 3.05) is 7.11 Å². The van der Waals surface area contributed by atoms with Crippen LogP contribution < -0.4 is 10.1 Å². The number of aromatic nitrogens is 3. The number of nitrogens with zero attached hydrogens (tertiary/aromatic N) is 2. The van der Waals surface area contributed by atoms with Crippen molar-refractivity contribution in [1.82, 2.24) is 20.1 Å². The van der Waals surface area contributed by atoms with E-state index < -0.39 is 0 Å². The summed E-state index contributed by atoms with van der Waals surface area (Å²) in [7, 11) is 1.53. The molecule has 1 amide bonds. The minimum Gasteiger partial charge on any atom is -0.493 e. The standard InChI is InChI=1S/C20H18N4O2/c1-26-18-13-24(16-8-3-2-4-9-16)23-19(18)20(25)21-12-15-11-14-7-5-6-10-17(14)22-15/h2-11,13,22H,12H2,1H3,(H,21,25). The topological polar surface area (TPSA) is 71.9 Å². The van der Waals surface area contributed by atoms with E-state index in [4.69, 9.17) is 4.74 Å². The van der Waals surface area contributed by atoms with Crippen molar-refractivity contribution in [2.24, 2.45) is 0 Å². The van der Waals surface area contributed by atoms with E-state index in [2.05, 4.69) is 15.4 Å². The first-order valence-corrected chi connectivity index (χ1v) is 8.28. The highest BCUT2D eigenvalue weighted by Gasteiger charge is 2.18. The molecule has 0 aliphatic carbocycles. The van der Waals surface area contributed by atoms with Gasteiger partial charge in [0, 0.05) is 11.2 Å². The Labute approximate surface area is 150 Å². The largest absolute Gasteiger partial charge is 0.493 e. The quantitative estimate of drug-likeness (QED) is 0.582. The van der Waals surface area contributed by atoms with Gasteiger partial charge >= 0.3 is 0 Å². The van der Waals surface area contributed by atoms with E-state index in [1.165, 1.54) is 7.11 Å². The lowest BCUT2D eigenvalue weighted by molar-refractivity contribution is 0.0942. The van der Waals surface area contributed by atoms with E-state index in [1.54, 1.807) is 10.9 Å². The van der Waals surface area contributed by atoms with Crippen LogP contribution in [0, 0.1) is 0 Å². The van der Waals surface area contributed by atoms with Crippen LogP contribution >= 0.6 is 0 Å². The molecule has 0 saturated heterocycles. The summed E-state index contributed by atoms with van der Waals surface area (Å²) >= 11 is 0. The number of ether oxygens (including phenoxy) is 1. The Bertz CT molecular complexity index is 1020. The fraction of sp³-hybridized carbons (Fsp3) is 0.100. The molecule has 2 aromatic carbocycles. The predicted molar refractivity (Wildman–Crippen MR) is 99.6 cm³/mol. The van der Waals surface area contributed by atoms with Crippen LogP contribution in [0.25, 0.3) is 16.6 Å². The SMILES string of the molecule is COc1cn(-c2ccccc2)nc1C(=O)NCc1cc2ccccc2[nH]1. The van der Waals surface area contributed by atoms with Crippen LogP contribution in [0.5, 0.6) is 5.75 Å². The Kier molecular flexibility index (Phi) is 4.15. The lowest BCUT2D eigenvalue weighted by Crippen LogP contribution is -2.24. The first kappa shape index (κ1) is 16.0. The number of carbonyl (C=O) groups excluding carboxylic acids is 1. The fourth-order valence-electron chi connectivity index (χ4n) is 2.87. The van der Waals surface area contributed by atoms with Gasteiger partial charge in [0.2, 0.25) is 0 Å². The van der Waals surface area contributed by atoms with Crippen molar-refractivity contribution in [3.05, 3.63) is 78.2 Å². The van der Waals surface area contributed by atoms with Crippen molar-refractivity contribution >= 4 is 16.8 Å². The van der Waals surface area contributed by atoms with E-state index in [9.17, 15) is 4.79 Å². The molecule has 6 heteroatoms. The summed E-state index contributed by atoms with van der Waals surface area (Å²) in [6.45, 7) is 0.384. The zero-order chi connectivity index (χ0) is 17.9. The number of carbonyl (C=O) groups is 1. The van der Waals surface area contributed by atoms with Crippen molar-refractivity contribution in [3.63, 3.8) is 0 Å². The highest BCUT2D eigenvalue weighted by molar-refractivity contribution is 5.95. The van der Waals surface area contributed by atoms with Crippen LogP contribution in [0.2, 0.25) is 0 Å². The average molecular weight is 346 g/mol. The van der Waals surface area contributed by atoms with Crippen LogP contribution in [-0.2, 0) is 6.54 Å². The number of rotatable bonds is 5. The molecule has 0 fully saturated rings. The van der Waals surface area contributed by atoms with Gasteiger partial charge in [0.05, 0.1) is 25.5 Å². The third kappa shape index (κ3) is 3.04. The third-order valence-corrected chi connectivity index (χ3v) is 4.16. The number of amides is 1. The predicted octanol–water partition coefficient (Wildman–Crippen LogP) is 3.29. The average Bonchev–Trinajstić information content (AvgIpc) is 3.30. The number of aromatic amines is 1. The van der Waals surface area contributed by atoms with Crippen LogP contribution in [0.15, 0.2) is 66.9 Å². The van der Waals surface area contributed by atoms with Crippen molar-refractivity contribution in [1.29, 1.82) is 0 Å². The molecule has 0 spiro atoms. The maximum absolute atomic E-state index is 12.6. The summed E-state index contributed by atoms with van der Waals surface area (Å²) in [5.41, 5.74) is 3.09. The van der Waals surface area contributed by atoms with Gasteiger partial charge in [-0.2, -0.15) is 5.10 Å². The molecule has 2 N–H and O–H groups in total. The lowest BCUT2D eigenvalue weighted by Gasteiger charge is -2.03. The molecule has 0 aliphatic rings. The van der Waals surface area contributed by atoms with Gasteiger partial charge in [-0.1, -0.05) is 36.4 Å². The Morgan fingerprint density at radius 1 is 1.15 bits per heavy atom. The van der Waals surface area contributed by atoms with Gasteiger partial charge < -0.3 is 15.0 Å². The minimum atomic E-state index is -0.282. The summed E-state index contributed by atoms with van der Waals surface area (Å²) in [5.74, 6) is 0.151. The number of fused-ring (bicyclic) bond motifs is 1. The van der Waals surface area contributed by atoms with Crippen molar-refractivity contribution in [3.8, 4) is 11.4 Å². The molecule has 0 bridgehead atoms. The van der Waals surface area contributed by atoms with E-state index in [1.807, 2.05) is 60.7 Å². The summed E-state index contributed by atoms with van der Waals surface area (Å²) in [5, 5.41) is 8.38. The summed E-state index contributed by atoms with van der Waals surface area (Å²) in [4.78, 5) is 15.9. The molecule has 2 heterocycles. The molecule has 4 aromatic rings. The van der Waals surface area contributed by atoms with Gasteiger partial charge in [0.15, 0.2) is 11.4 Å². The number of nitrogens with one attached hydrogen (secondary N) is 2. The molecule has 0 aliphatic heterocycles. The fourth-order valence-corrected chi connectivity index (χ4v) is 2.87. The number of benzene rings is 2. The first-order valence-electron chi connectivity index (χ1n) is 8.28. The number of hydrogen-bond donors (Lipinski definition) is 2. The summed E-state index contributed by atoms with van der Waals surface area (Å²) in [6.07, 6.45) is 1.70. The second-order valence-electron chi connectivity index (χ2n) is 5.89. The highest BCUT2D eigenvalue weighted by Crippen LogP contribution is 2.20. The number of para-hydroxylation sites is 2. The Hall–Kier alpha value is -3.54. The second kappa shape index (κ2) is 6.76. The first-order chi connectivity index (χ1) is 12.7. The highest BCUT2D eigenvalue weighted by atomic mass is 16.5. The van der Waals surface area contributed by atoms with Crippen LogP contribution in [0.4, 0.5) is 0 Å². The maximum Gasteiger partial charge on any atom is 0.275 e.